The monoisotopic (exact) mass is 461 g/mol. The molecule has 6 nitrogen and oxygen atoms in total. The fourth-order valence-corrected chi connectivity index (χ4v) is 5.45. The first-order valence-corrected chi connectivity index (χ1v) is 11.9. The number of methoxy groups -OCH3 is 1. The molecule has 1 N–H and O–H groups in total. The molecule has 33 heavy (non-hydrogen) atoms. The van der Waals surface area contributed by atoms with Crippen molar-refractivity contribution in [1.29, 1.82) is 0 Å². The molecule has 170 valence electrons. The third-order valence-electron chi connectivity index (χ3n) is 6.62. The fraction of sp³-hybridized carbons (Fsp3) is 0.346. The van der Waals surface area contributed by atoms with Gasteiger partial charge in [-0.15, -0.1) is 0 Å². The summed E-state index contributed by atoms with van der Waals surface area (Å²) in [6, 6.07) is 17.3. The zero-order chi connectivity index (χ0) is 22.8. The summed E-state index contributed by atoms with van der Waals surface area (Å²) >= 11 is 5.83. The number of aromatic nitrogens is 1. The molecule has 0 amide bonds. The molecule has 1 saturated carbocycles. The molecule has 1 aromatic carbocycles. The average Bonchev–Trinajstić information content (AvgIpc) is 3.49. The Hall–Kier alpha value is -3.19. The summed E-state index contributed by atoms with van der Waals surface area (Å²) in [5.74, 6) is 1.05. The van der Waals surface area contributed by atoms with Crippen molar-refractivity contribution in [3.8, 4) is 11.3 Å². The fourth-order valence-electron chi connectivity index (χ4n) is 5.07. The number of ether oxygens (including phenoxy) is 1. The first-order valence-electron chi connectivity index (χ1n) is 11.4. The van der Waals surface area contributed by atoms with Gasteiger partial charge in [0.2, 0.25) is 0 Å². The second kappa shape index (κ2) is 9.35. The highest BCUT2D eigenvalue weighted by Crippen LogP contribution is 2.43. The largest absolute Gasteiger partial charge is 0.465 e. The van der Waals surface area contributed by atoms with E-state index >= 15 is 0 Å². The maximum Gasteiger partial charge on any atom is 0.338 e. The average molecular weight is 462 g/mol. The van der Waals surface area contributed by atoms with Gasteiger partial charge in [0, 0.05) is 17.8 Å². The van der Waals surface area contributed by atoms with E-state index in [1.807, 2.05) is 48.5 Å². The Balaban J connectivity index is 1.55. The number of esters is 1. The van der Waals surface area contributed by atoms with Gasteiger partial charge in [0.25, 0.3) is 0 Å². The summed E-state index contributed by atoms with van der Waals surface area (Å²) in [6.07, 6.45) is 7.73. The maximum atomic E-state index is 12.3. The zero-order valence-corrected chi connectivity index (χ0v) is 19.4. The Labute approximate surface area is 199 Å². The molecular weight excluding hydrogens is 434 g/mol. The molecule has 0 unspecified atom stereocenters. The SMILES string of the molecule is COC(=O)c1ccccc1-c1ccc([C@H]2[C@@H](c3ccccn3)NC(=S)N2C2CCCCC2)o1. The Kier molecular flexibility index (Phi) is 6.13. The van der Waals surface area contributed by atoms with E-state index in [1.54, 1.807) is 12.3 Å². The van der Waals surface area contributed by atoms with Crippen molar-refractivity contribution >= 4 is 23.3 Å². The molecule has 1 aliphatic heterocycles. The van der Waals surface area contributed by atoms with Crippen LogP contribution in [0.2, 0.25) is 0 Å². The van der Waals surface area contributed by atoms with Gasteiger partial charge in [-0.3, -0.25) is 4.98 Å². The van der Waals surface area contributed by atoms with Crippen molar-refractivity contribution in [3.05, 3.63) is 77.8 Å². The lowest BCUT2D eigenvalue weighted by molar-refractivity contribution is 0.0601. The van der Waals surface area contributed by atoms with Gasteiger partial charge in [-0.05, 0) is 55.4 Å². The number of rotatable bonds is 5. The molecule has 0 spiro atoms. The van der Waals surface area contributed by atoms with E-state index in [4.69, 9.17) is 21.4 Å². The van der Waals surface area contributed by atoms with E-state index in [0.717, 1.165) is 29.4 Å². The zero-order valence-electron chi connectivity index (χ0n) is 18.6. The van der Waals surface area contributed by atoms with Gasteiger partial charge in [0.05, 0.1) is 24.4 Å². The van der Waals surface area contributed by atoms with Crippen LogP contribution in [0.4, 0.5) is 0 Å². The van der Waals surface area contributed by atoms with Crippen molar-refractivity contribution < 1.29 is 13.9 Å². The van der Waals surface area contributed by atoms with Gasteiger partial charge >= 0.3 is 5.97 Å². The predicted octanol–water partition coefficient (Wildman–Crippen LogP) is 5.43. The molecule has 0 radical (unpaired) electrons. The highest BCUT2D eigenvalue weighted by molar-refractivity contribution is 7.80. The predicted molar refractivity (Wildman–Crippen MR) is 130 cm³/mol. The van der Waals surface area contributed by atoms with Gasteiger partial charge in [-0.25, -0.2) is 4.79 Å². The molecule has 2 aliphatic rings. The molecule has 1 saturated heterocycles. The Morgan fingerprint density at radius 2 is 1.88 bits per heavy atom. The van der Waals surface area contributed by atoms with Crippen molar-refractivity contribution in [2.24, 2.45) is 0 Å². The Morgan fingerprint density at radius 1 is 1.09 bits per heavy atom. The van der Waals surface area contributed by atoms with Gasteiger partial charge in [-0.2, -0.15) is 0 Å². The van der Waals surface area contributed by atoms with E-state index in [1.165, 1.54) is 26.4 Å². The van der Waals surface area contributed by atoms with Gasteiger partial charge in [-0.1, -0.05) is 43.5 Å². The second-order valence-corrected chi connectivity index (χ2v) is 8.95. The molecule has 2 atom stereocenters. The normalized spacial score (nSPS) is 21.1. The summed E-state index contributed by atoms with van der Waals surface area (Å²) in [7, 11) is 1.39. The van der Waals surface area contributed by atoms with Crippen molar-refractivity contribution in [2.75, 3.05) is 7.11 Å². The van der Waals surface area contributed by atoms with Crippen LogP contribution in [0.3, 0.4) is 0 Å². The van der Waals surface area contributed by atoms with Crippen LogP contribution in [-0.2, 0) is 4.74 Å². The third kappa shape index (κ3) is 4.13. The summed E-state index contributed by atoms with van der Waals surface area (Å²) < 4.78 is 11.4. The number of carbonyl (C=O) groups excluding carboxylic acids is 1. The molecule has 7 heteroatoms. The molecule has 5 rings (SSSR count). The number of thiocarbonyl (C=S) groups is 1. The van der Waals surface area contributed by atoms with Crippen LogP contribution >= 0.6 is 12.2 Å². The van der Waals surface area contributed by atoms with Crippen LogP contribution < -0.4 is 5.32 Å². The van der Waals surface area contributed by atoms with Crippen LogP contribution in [0, 0.1) is 0 Å². The summed E-state index contributed by atoms with van der Waals surface area (Å²) in [6.45, 7) is 0. The second-order valence-electron chi connectivity index (χ2n) is 8.56. The molecule has 3 heterocycles. The van der Waals surface area contributed by atoms with E-state index in [-0.39, 0.29) is 18.1 Å². The number of nitrogens with one attached hydrogen (secondary N) is 1. The quantitative estimate of drug-likeness (QED) is 0.401. The van der Waals surface area contributed by atoms with Gasteiger partial charge in [0.1, 0.15) is 17.6 Å². The minimum atomic E-state index is -0.387. The number of furan rings is 1. The van der Waals surface area contributed by atoms with Crippen LogP contribution in [0.1, 0.15) is 66.0 Å². The van der Waals surface area contributed by atoms with Crippen LogP contribution in [0.5, 0.6) is 0 Å². The lowest BCUT2D eigenvalue weighted by Crippen LogP contribution is -2.40. The van der Waals surface area contributed by atoms with E-state index in [2.05, 4.69) is 15.2 Å². The highest BCUT2D eigenvalue weighted by atomic mass is 32.1. The van der Waals surface area contributed by atoms with E-state index < -0.39 is 0 Å². The Bertz CT molecular complexity index is 1140. The van der Waals surface area contributed by atoms with Gasteiger partial charge < -0.3 is 19.4 Å². The van der Waals surface area contributed by atoms with Crippen molar-refractivity contribution in [2.45, 2.75) is 50.2 Å². The summed E-state index contributed by atoms with van der Waals surface area (Å²) in [5, 5.41) is 4.26. The smallest absolute Gasteiger partial charge is 0.338 e. The minimum Gasteiger partial charge on any atom is -0.465 e. The van der Waals surface area contributed by atoms with Crippen LogP contribution in [0.25, 0.3) is 11.3 Å². The van der Waals surface area contributed by atoms with Crippen LogP contribution in [-0.4, -0.2) is 34.1 Å². The molecular formula is C26H27N3O3S. The highest BCUT2D eigenvalue weighted by Gasteiger charge is 2.44. The lowest BCUT2D eigenvalue weighted by atomic mass is 9.92. The van der Waals surface area contributed by atoms with Crippen molar-refractivity contribution in [1.82, 2.24) is 15.2 Å². The third-order valence-corrected chi connectivity index (χ3v) is 6.95. The first kappa shape index (κ1) is 21.6. The van der Waals surface area contributed by atoms with E-state index in [9.17, 15) is 4.79 Å². The van der Waals surface area contributed by atoms with E-state index in [0.29, 0.717) is 22.9 Å². The first-order chi connectivity index (χ1) is 16.2. The molecule has 2 aromatic heterocycles. The number of carbonyl (C=O) groups is 1. The number of hydrogen-bond acceptors (Lipinski definition) is 5. The maximum absolute atomic E-state index is 12.3. The number of hydrogen-bond donors (Lipinski definition) is 1. The number of benzene rings is 1. The van der Waals surface area contributed by atoms with Crippen LogP contribution in [0.15, 0.2) is 65.2 Å². The molecule has 1 aliphatic carbocycles. The topological polar surface area (TPSA) is 67.6 Å². The van der Waals surface area contributed by atoms with Gasteiger partial charge in [0.15, 0.2) is 5.11 Å². The minimum absolute atomic E-state index is 0.115. The van der Waals surface area contributed by atoms with Crippen molar-refractivity contribution in [3.63, 3.8) is 0 Å². The summed E-state index contributed by atoms with van der Waals surface area (Å²) in [5.41, 5.74) is 2.12. The standard InChI is InChI=1S/C26H27N3O3S/c1-31-25(30)19-12-6-5-11-18(19)21-14-15-22(32-21)24-23(20-13-7-8-16-27-20)28-26(33)29(24)17-9-3-2-4-10-17/h5-8,11-17,23-24H,2-4,9-10H2,1H3,(H,28,33)/t23-,24+/m1/s1. The molecule has 0 bridgehead atoms. The number of pyridine rings is 1. The summed E-state index contributed by atoms with van der Waals surface area (Å²) in [4.78, 5) is 19.2. The molecule has 2 fully saturated rings. The Morgan fingerprint density at radius 3 is 2.64 bits per heavy atom. The number of nitrogens with zero attached hydrogens (tertiary/aromatic N) is 2. The molecule has 3 aromatic rings. The lowest BCUT2D eigenvalue weighted by Gasteiger charge is -2.36.